The second-order valence-corrected chi connectivity index (χ2v) is 5.88. The van der Waals surface area contributed by atoms with Gasteiger partial charge >= 0.3 is 0 Å². The zero-order valence-electron chi connectivity index (χ0n) is 12.3. The Kier molecular flexibility index (Phi) is 9.27. The van der Waals surface area contributed by atoms with Crippen molar-refractivity contribution in [1.29, 1.82) is 0 Å². The molecule has 4 heteroatoms. The highest BCUT2D eigenvalue weighted by molar-refractivity contribution is 6.22. The van der Waals surface area contributed by atoms with Crippen LogP contribution in [0.15, 0.2) is 4.99 Å². The van der Waals surface area contributed by atoms with E-state index in [-0.39, 0.29) is 12.1 Å². The van der Waals surface area contributed by atoms with Crippen molar-refractivity contribution in [1.82, 2.24) is 4.90 Å². The summed E-state index contributed by atoms with van der Waals surface area (Å²) in [6, 6.07) is 0. The zero-order valence-corrected chi connectivity index (χ0v) is 13.0. The van der Waals surface area contributed by atoms with Gasteiger partial charge in [-0.3, -0.25) is 4.99 Å². The molecular formula is C15H29ClN2O. The van der Waals surface area contributed by atoms with Crippen LogP contribution in [-0.4, -0.2) is 41.0 Å². The van der Waals surface area contributed by atoms with Crippen LogP contribution >= 0.6 is 11.6 Å². The fourth-order valence-electron chi connectivity index (χ4n) is 2.55. The maximum absolute atomic E-state index is 9.00. The Labute approximate surface area is 123 Å². The lowest BCUT2D eigenvalue weighted by molar-refractivity contribution is 0.254. The summed E-state index contributed by atoms with van der Waals surface area (Å²) in [7, 11) is 0. The van der Waals surface area contributed by atoms with Crippen molar-refractivity contribution < 1.29 is 5.11 Å². The van der Waals surface area contributed by atoms with Crippen molar-refractivity contribution in [2.75, 3.05) is 19.7 Å². The van der Waals surface area contributed by atoms with E-state index in [1.165, 1.54) is 51.4 Å². The number of aliphatic hydroxyl groups excluding tert-OH is 1. The molecule has 0 spiro atoms. The van der Waals surface area contributed by atoms with E-state index in [0.29, 0.717) is 6.54 Å². The molecule has 0 aromatic carbocycles. The quantitative estimate of drug-likeness (QED) is 0.357. The van der Waals surface area contributed by atoms with Gasteiger partial charge in [0.2, 0.25) is 0 Å². The van der Waals surface area contributed by atoms with E-state index in [1.54, 1.807) is 0 Å². The molecule has 1 aliphatic rings. The highest BCUT2D eigenvalue weighted by atomic mass is 35.5. The molecule has 0 aromatic heterocycles. The van der Waals surface area contributed by atoms with Crippen LogP contribution in [0.1, 0.15) is 64.7 Å². The van der Waals surface area contributed by atoms with E-state index in [2.05, 4.69) is 16.8 Å². The molecule has 0 fully saturated rings. The number of rotatable bonds is 11. The van der Waals surface area contributed by atoms with Gasteiger partial charge in [0.1, 0.15) is 11.3 Å². The van der Waals surface area contributed by atoms with E-state index in [4.69, 9.17) is 16.7 Å². The first kappa shape index (κ1) is 16.8. The van der Waals surface area contributed by atoms with Crippen molar-refractivity contribution in [2.24, 2.45) is 4.99 Å². The summed E-state index contributed by atoms with van der Waals surface area (Å²) in [6.45, 7) is 3.86. The van der Waals surface area contributed by atoms with Gasteiger partial charge in [-0.05, 0) is 6.42 Å². The summed E-state index contributed by atoms with van der Waals surface area (Å²) < 4.78 is 0. The van der Waals surface area contributed by atoms with E-state index in [1.807, 2.05) is 0 Å². The molecule has 1 rings (SSSR count). The predicted octanol–water partition coefficient (Wildman–Crippen LogP) is 3.79. The number of unbranched alkanes of at least 4 members (excludes halogenated alkanes) is 7. The van der Waals surface area contributed by atoms with Crippen molar-refractivity contribution in [3.05, 3.63) is 0 Å². The normalized spacial score (nSPS) is 19.0. The first-order valence-electron chi connectivity index (χ1n) is 7.84. The first-order valence-corrected chi connectivity index (χ1v) is 8.28. The Hall–Kier alpha value is -0.280. The molecule has 1 aliphatic heterocycles. The standard InChI is InChI=1S/C15H29ClN2O/c1-2-3-4-5-6-7-8-9-10-15-17-14(16)13-18(15)11-12-19/h14,19H,2-13H2,1H3. The van der Waals surface area contributed by atoms with Gasteiger partial charge in [-0.25, -0.2) is 0 Å². The molecule has 0 aliphatic carbocycles. The second-order valence-electron chi connectivity index (χ2n) is 5.37. The number of alkyl halides is 1. The number of hydrogen-bond donors (Lipinski definition) is 1. The van der Waals surface area contributed by atoms with E-state index in [9.17, 15) is 0 Å². The molecule has 1 heterocycles. The smallest absolute Gasteiger partial charge is 0.143 e. The minimum Gasteiger partial charge on any atom is -0.395 e. The molecule has 0 bridgehead atoms. The van der Waals surface area contributed by atoms with Gasteiger partial charge in [-0.1, -0.05) is 63.5 Å². The highest BCUT2D eigenvalue weighted by Gasteiger charge is 2.21. The Morgan fingerprint density at radius 3 is 2.42 bits per heavy atom. The molecule has 112 valence electrons. The molecule has 1 unspecified atom stereocenters. The zero-order chi connectivity index (χ0) is 13.9. The van der Waals surface area contributed by atoms with Gasteiger partial charge < -0.3 is 10.0 Å². The Morgan fingerprint density at radius 2 is 1.79 bits per heavy atom. The van der Waals surface area contributed by atoms with Gasteiger partial charge in [0, 0.05) is 13.0 Å². The van der Waals surface area contributed by atoms with E-state index >= 15 is 0 Å². The largest absolute Gasteiger partial charge is 0.395 e. The predicted molar refractivity (Wildman–Crippen MR) is 83.0 cm³/mol. The molecular weight excluding hydrogens is 260 g/mol. The maximum atomic E-state index is 9.00. The van der Waals surface area contributed by atoms with Gasteiger partial charge in [0.15, 0.2) is 0 Å². The van der Waals surface area contributed by atoms with Crippen LogP contribution in [0.3, 0.4) is 0 Å². The molecule has 0 radical (unpaired) electrons. The van der Waals surface area contributed by atoms with Crippen LogP contribution in [0.4, 0.5) is 0 Å². The van der Waals surface area contributed by atoms with Gasteiger partial charge in [0.25, 0.3) is 0 Å². The number of hydrogen-bond acceptors (Lipinski definition) is 3. The topological polar surface area (TPSA) is 35.8 Å². The van der Waals surface area contributed by atoms with Crippen molar-refractivity contribution >= 4 is 17.4 Å². The summed E-state index contributed by atoms with van der Waals surface area (Å²) in [5.74, 6) is 1.10. The Balaban J connectivity index is 2.03. The van der Waals surface area contributed by atoms with E-state index in [0.717, 1.165) is 18.8 Å². The molecule has 0 saturated heterocycles. The molecule has 1 N–H and O–H groups in total. The van der Waals surface area contributed by atoms with Crippen LogP contribution < -0.4 is 0 Å². The lowest BCUT2D eigenvalue weighted by Gasteiger charge is -2.19. The van der Waals surface area contributed by atoms with Gasteiger partial charge in [-0.15, -0.1) is 0 Å². The third-order valence-corrected chi connectivity index (χ3v) is 3.88. The fourth-order valence-corrected chi connectivity index (χ4v) is 2.83. The number of halogens is 1. The van der Waals surface area contributed by atoms with Crippen molar-refractivity contribution in [3.8, 4) is 0 Å². The molecule has 19 heavy (non-hydrogen) atoms. The summed E-state index contributed by atoms with van der Waals surface area (Å²) in [6.07, 6.45) is 11.7. The summed E-state index contributed by atoms with van der Waals surface area (Å²) >= 11 is 6.04. The molecule has 0 aromatic rings. The Morgan fingerprint density at radius 1 is 1.16 bits per heavy atom. The average Bonchev–Trinajstić information content (AvgIpc) is 2.73. The highest BCUT2D eigenvalue weighted by Crippen LogP contribution is 2.17. The summed E-state index contributed by atoms with van der Waals surface area (Å²) in [4.78, 5) is 6.57. The summed E-state index contributed by atoms with van der Waals surface area (Å²) in [5, 5.41) is 9.00. The molecule has 1 atom stereocenters. The van der Waals surface area contributed by atoms with Crippen LogP contribution in [0, 0.1) is 0 Å². The SMILES string of the molecule is CCCCCCCCCCC1=NC(Cl)CN1CCO. The molecule has 0 amide bonds. The number of aliphatic hydroxyl groups is 1. The number of β-amino-alcohol motifs (C(OH)–C–C–N with tert-alkyl or cyclic N) is 1. The number of aliphatic imine (C=N–C) groups is 1. The van der Waals surface area contributed by atoms with Crippen LogP contribution in [0.25, 0.3) is 0 Å². The third kappa shape index (κ3) is 7.17. The lowest BCUT2D eigenvalue weighted by atomic mass is 10.1. The van der Waals surface area contributed by atoms with Gasteiger partial charge in [-0.2, -0.15) is 0 Å². The van der Waals surface area contributed by atoms with Crippen molar-refractivity contribution in [3.63, 3.8) is 0 Å². The fraction of sp³-hybridized carbons (Fsp3) is 0.933. The minimum atomic E-state index is -0.115. The number of amidine groups is 1. The maximum Gasteiger partial charge on any atom is 0.143 e. The van der Waals surface area contributed by atoms with Crippen LogP contribution in [-0.2, 0) is 0 Å². The lowest BCUT2D eigenvalue weighted by Crippen LogP contribution is -2.31. The van der Waals surface area contributed by atoms with Crippen molar-refractivity contribution in [2.45, 2.75) is 70.2 Å². The monoisotopic (exact) mass is 288 g/mol. The second kappa shape index (κ2) is 10.5. The van der Waals surface area contributed by atoms with Crippen LogP contribution in [0.2, 0.25) is 0 Å². The number of nitrogens with zero attached hydrogens (tertiary/aromatic N) is 2. The van der Waals surface area contributed by atoms with E-state index < -0.39 is 0 Å². The van der Waals surface area contributed by atoms with Crippen LogP contribution in [0.5, 0.6) is 0 Å². The first-order chi connectivity index (χ1) is 9.27. The van der Waals surface area contributed by atoms with Gasteiger partial charge in [0.05, 0.1) is 13.2 Å². The average molecular weight is 289 g/mol. The molecule has 0 saturated carbocycles. The minimum absolute atomic E-state index is 0.115. The summed E-state index contributed by atoms with van der Waals surface area (Å²) in [5.41, 5.74) is -0.115. The third-order valence-electron chi connectivity index (χ3n) is 3.65. The Bertz CT molecular complexity index is 259. The molecule has 3 nitrogen and oxygen atoms in total.